The van der Waals surface area contributed by atoms with Crippen molar-refractivity contribution in [3.05, 3.63) is 33.1 Å². The summed E-state index contributed by atoms with van der Waals surface area (Å²) in [5.41, 5.74) is 1.90. The molecule has 0 aromatic carbocycles. The summed E-state index contributed by atoms with van der Waals surface area (Å²) in [7, 11) is 0. The molecule has 0 aliphatic heterocycles. The van der Waals surface area contributed by atoms with E-state index < -0.39 is 0 Å². The Morgan fingerprint density at radius 3 is 2.60 bits per heavy atom. The van der Waals surface area contributed by atoms with E-state index in [2.05, 4.69) is 31.2 Å². The molecule has 0 fully saturated rings. The first-order chi connectivity index (χ1) is 7.09. The molecule has 0 saturated heterocycles. The van der Waals surface area contributed by atoms with Gasteiger partial charge in [-0.2, -0.15) is 5.10 Å². The van der Waals surface area contributed by atoms with Crippen LogP contribution in [0.15, 0.2) is 16.9 Å². The van der Waals surface area contributed by atoms with Crippen molar-refractivity contribution in [2.24, 2.45) is 0 Å². The second kappa shape index (κ2) is 3.90. The van der Waals surface area contributed by atoms with Crippen molar-refractivity contribution in [1.82, 2.24) is 20.0 Å². The summed E-state index contributed by atoms with van der Waals surface area (Å²) in [6, 6.07) is 0. The van der Waals surface area contributed by atoms with E-state index in [1.807, 2.05) is 20.0 Å². The fourth-order valence-electron chi connectivity index (χ4n) is 1.20. The van der Waals surface area contributed by atoms with E-state index in [0.29, 0.717) is 11.0 Å². The maximum atomic E-state index is 5.87. The second-order valence-electron chi connectivity index (χ2n) is 3.17. The quantitative estimate of drug-likeness (QED) is 0.810. The molecule has 78 valence electrons. The molecule has 0 amide bonds. The summed E-state index contributed by atoms with van der Waals surface area (Å²) in [4.78, 5) is 0. The predicted molar refractivity (Wildman–Crippen MR) is 61.3 cm³/mol. The van der Waals surface area contributed by atoms with Gasteiger partial charge in [-0.3, -0.25) is 0 Å². The Balaban J connectivity index is 2.59. The van der Waals surface area contributed by atoms with Crippen LogP contribution in [0.25, 0.3) is 5.82 Å². The van der Waals surface area contributed by atoms with Crippen molar-refractivity contribution in [3.8, 4) is 5.82 Å². The smallest absolute Gasteiger partial charge is 0.178 e. The van der Waals surface area contributed by atoms with Gasteiger partial charge in [0.05, 0.1) is 10.7 Å². The first kappa shape index (κ1) is 10.6. The van der Waals surface area contributed by atoms with Gasteiger partial charge in [0.15, 0.2) is 11.0 Å². The number of hydrogen-bond donors (Lipinski definition) is 0. The molecule has 2 aromatic rings. The third-order valence-corrected chi connectivity index (χ3v) is 2.98. The van der Waals surface area contributed by atoms with E-state index in [9.17, 15) is 0 Å². The maximum Gasteiger partial charge on any atom is 0.178 e. The lowest BCUT2D eigenvalue weighted by molar-refractivity contribution is 0.800. The highest BCUT2D eigenvalue weighted by Crippen LogP contribution is 2.20. The minimum atomic E-state index is 0.433. The van der Waals surface area contributed by atoms with Crippen LogP contribution >= 0.6 is 27.5 Å². The average Bonchev–Trinajstić information content (AvgIpc) is 2.61. The van der Waals surface area contributed by atoms with Crippen LogP contribution in [-0.4, -0.2) is 20.0 Å². The van der Waals surface area contributed by atoms with Crippen LogP contribution in [0.2, 0.25) is 5.15 Å². The van der Waals surface area contributed by atoms with E-state index in [0.717, 1.165) is 15.6 Å². The number of halogens is 2. The van der Waals surface area contributed by atoms with Crippen LogP contribution in [0.4, 0.5) is 0 Å². The maximum absolute atomic E-state index is 5.87. The third kappa shape index (κ3) is 1.89. The first-order valence-electron chi connectivity index (χ1n) is 4.29. The lowest BCUT2D eigenvalue weighted by atomic mass is 10.2. The summed E-state index contributed by atoms with van der Waals surface area (Å²) in [5.74, 6) is 0.697. The molecule has 2 aromatic heterocycles. The minimum Gasteiger partial charge on any atom is -0.219 e. The SMILES string of the molecule is Cc1c(Cl)nnc(-n2cc(Br)cn2)c1C. The fourth-order valence-corrected chi connectivity index (χ4v) is 1.66. The van der Waals surface area contributed by atoms with Crippen molar-refractivity contribution in [1.29, 1.82) is 0 Å². The van der Waals surface area contributed by atoms with Crippen LogP contribution in [0.3, 0.4) is 0 Å². The molecule has 15 heavy (non-hydrogen) atoms. The normalized spacial score (nSPS) is 10.7. The van der Waals surface area contributed by atoms with Gasteiger partial charge in [-0.15, -0.1) is 10.2 Å². The molecule has 6 heteroatoms. The van der Waals surface area contributed by atoms with E-state index in [4.69, 9.17) is 11.6 Å². The summed E-state index contributed by atoms with van der Waals surface area (Å²) >= 11 is 9.20. The number of nitrogens with zero attached hydrogens (tertiary/aromatic N) is 4. The summed E-state index contributed by atoms with van der Waals surface area (Å²) in [6.07, 6.45) is 3.52. The Kier molecular flexibility index (Phi) is 2.75. The lowest BCUT2D eigenvalue weighted by Crippen LogP contribution is -2.04. The van der Waals surface area contributed by atoms with Crippen LogP contribution in [-0.2, 0) is 0 Å². The van der Waals surface area contributed by atoms with Crippen LogP contribution in [0.1, 0.15) is 11.1 Å². The fraction of sp³-hybridized carbons (Fsp3) is 0.222. The molecular formula is C9H8BrClN4. The highest BCUT2D eigenvalue weighted by molar-refractivity contribution is 9.10. The molecule has 0 aliphatic carbocycles. The second-order valence-corrected chi connectivity index (χ2v) is 4.44. The van der Waals surface area contributed by atoms with Crippen molar-refractivity contribution < 1.29 is 0 Å². The molecule has 4 nitrogen and oxygen atoms in total. The largest absolute Gasteiger partial charge is 0.219 e. The highest BCUT2D eigenvalue weighted by atomic mass is 79.9. The van der Waals surface area contributed by atoms with Gasteiger partial charge in [-0.05, 0) is 35.3 Å². The highest BCUT2D eigenvalue weighted by Gasteiger charge is 2.10. The Labute approximate surface area is 100 Å². The van der Waals surface area contributed by atoms with Crippen molar-refractivity contribution in [3.63, 3.8) is 0 Å². The number of rotatable bonds is 1. The van der Waals surface area contributed by atoms with Gasteiger partial charge in [0.2, 0.25) is 0 Å². The van der Waals surface area contributed by atoms with Gasteiger partial charge >= 0.3 is 0 Å². The zero-order valence-corrected chi connectivity index (χ0v) is 10.5. The molecule has 0 spiro atoms. The van der Waals surface area contributed by atoms with Gasteiger partial charge in [0, 0.05) is 11.8 Å². The topological polar surface area (TPSA) is 43.6 Å². The molecule has 0 N–H and O–H groups in total. The van der Waals surface area contributed by atoms with E-state index in [-0.39, 0.29) is 0 Å². The van der Waals surface area contributed by atoms with Gasteiger partial charge < -0.3 is 0 Å². The van der Waals surface area contributed by atoms with Gasteiger partial charge in [0.25, 0.3) is 0 Å². The molecule has 0 unspecified atom stereocenters. The molecular weight excluding hydrogens is 279 g/mol. The molecule has 0 radical (unpaired) electrons. The zero-order valence-electron chi connectivity index (χ0n) is 8.20. The van der Waals surface area contributed by atoms with Gasteiger partial charge in [-0.1, -0.05) is 11.6 Å². The Bertz CT molecular complexity index is 509. The summed E-state index contributed by atoms with van der Waals surface area (Å²) in [5, 5.41) is 12.5. The summed E-state index contributed by atoms with van der Waals surface area (Å²) in [6.45, 7) is 3.86. The van der Waals surface area contributed by atoms with E-state index >= 15 is 0 Å². The minimum absolute atomic E-state index is 0.433. The Morgan fingerprint density at radius 2 is 2.00 bits per heavy atom. The third-order valence-electron chi connectivity index (χ3n) is 2.21. The van der Waals surface area contributed by atoms with Crippen LogP contribution < -0.4 is 0 Å². The summed E-state index contributed by atoms with van der Waals surface area (Å²) < 4.78 is 2.56. The predicted octanol–water partition coefficient (Wildman–Crippen LogP) is 2.70. The van der Waals surface area contributed by atoms with Crippen molar-refractivity contribution >= 4 is 27.5 Å². The number of aromatic nitrogens is 4. The van der Waals surface area contributed by atoms with Crippen LogP contribution in [0.5, 0.6) is 0 Å². The molecule has 0 bridgehead atoms. The van der Waals surface area contributed by atoms with E-state index in [1.54, 1.807) is 10.9 Å². The standard InChI is InChI=1S/C9H8BrClN4/c1-5-6(2)9(14-13-8(5)11)15-4-7(10)3-12-15/h3-4H,1-2H3. The molecule has 0 saturated carbocycles. The Hall–Kier alpha value is -0.940. The molecule has 0 aliphatic rings. The van der Waals surface area contributed by atoms with Gasteiger partial charge in [0.1, 0.15) is 0 Å². The molecule has 0 atom stereocenters. The van der Waals surface area contributed by atoms with Crippen molar-refractivity contribution in [2.45, 2.75) is 13.8 Å². The van der Waals surface area contributed by atoms with Crippen LogP contribution in [0, 0.1) is 13.8 Å². The van der Waals surface area contributed by atoms with E-state index in [1.165, 1.54) is 0 Å². The molecule has 2 rings (SSSR count). The molecule has 2 heterocycles. The monoisotopic (exact) mass is 286 g/mol. The number of hydrogen-bond acceptors (Lipinski definition) is 3. The average molecular weight is 288 g/mol. The lowest BCUT2D eigenvalue weighted by Gasteiger charge is -2.06. The Morgan fingerprint density at radius 1 is 1.27 bits per heavy atom. The van der Waals surface area contributed by atoms with Crippen molar-refractivity contribution in [2.75, 3.05) is 0 Å². The van der Waals surface area contributed by atoms with Gasteiger partial charge in [-0.25, -0.2) is 4.68 Å². The zero-order chi connectivity index (χ0) is 11.0. The first-order valence-corrected chi connectivity index (χ1v) is 5.46.